The van der Waals surface area contributed by atoms with Crippen molar-refractivity contribution in [1.29, 1.82) is 0 Å². The zero-order chi connectivity index (χ0) is 28.8. The highest BCUT2D eigenvalue weighted by Crippen LogP contribution is 2.58. The van der Waals surface area contributed by atoms with Crippen LogP contribution < -0.4 is 4.90 Å². The molecule has 1 unspecified atom stereocenters. The topological polar surface area (TPSA) is 90.4 Å². The Morgan fingerprint density at radius 2 is 1.59 bits per heavy atom. The van der Waals surface area contributed by atoms with Crippen LogP contribution in [0.15, 0.2) is 85.0 Å². The highest BCUT2D eigenvalue weighted by Gasteiger charge is 2.75. The van der Waals surface area contributed by atoms with Gasteiger partial charge in [0, 0.05) is 25.3 Å². The molecule has 2 aromatic carbocycles. The van der Waals surface area contributed by atoms with Crippen LogP contribution in [0.1, 0.15) is 38.3 Å². The maximum Gasteiger partial charge on any atom is 0.249 e. The summed E-state index contributed by atoms with van der Waals surface area (Å²) in [4.78, 5) is 48.6. The van der Waals surface area contributed by atoms with Gasteiger partial charge in [0.15, 0.2) is 0 Å². The first-order chi connectivity index (χ1) is 19.9. The number of ether oxygens (including phenoxy) is 1. The lowest BCUT2D eigenvalue weighted by Gasteiger charge is -2.40. The summed E-state index contributed by atoms with van der Waals surface area (Å²) in [6.45, 7) is 4.85. The SMILES string of the molecule is CCCCN1CC=C[C@]23O[C@@]4(C)C=CCN(c5ccccc5)C(=O)[C@H]4[C@H]2C(=O)N([C@H](CO)c2ccccc2)C3C1=O. The van der Waals surface area contributed by atoms with Crippen LogP contribution in [0.2, 0.25) is 0 Å². The van der Waals surface area contributed by atoms with Crippen molar-refractivity contribution in [3.05, 3.63) is 90.5 Å². The van der Waals surface area contributed by atoms with Crippen molar-refractivity contribution >= 4 is 23.4 Å². The predicted molar refractivity (Wildman–Crippen MR) is 155 cm³/mol. The van der Waals surface area contributed by atoms with Gasteiger partial charge in [0.2, 0.25) is 17.7 Å². The highest BCUT2D eigenvalue weighted by molar-refractivity contribution is 6.04. The first kappa shape index (κ1) is 27.4. The number of fused-ring (bicyclic) bond motifs is 2. The monoisotopic (exact) mass is 555 g/mol. The van der Waals surface area contributed by atoms with E-state index < -0.39 is 35.1 Å². The van der Waals surface area contributed by atoms with E-state index in [1.165, 1.54) is 4.90 Å². The van der Waals surface area contributed by atoms with Gasteiger partial charge in [0.05, 0.1) is 30.1 Å². The molecule has 2 fully saturated rings. The van der Waals surface area contributed by atoms with Gasteiger partial charge in [-0.3, -0.25) is 14.4 Å². The van der Waals surface area contributed by atoms with Crippen LogP contribution in [0.4, 0.5) is 5.69 Å². The molecule has 0 aliphatic carbocycles. The largest absolute Gasteiger partial charge is 0.394 e. The number of hydrogen-bond donors (Lipinski definition) is 1. The Bertz CT molecular complexity index is 1380. The van der Waals surface area contributed by atoms with Crippen molar-refractivity contribution in [1.82, 2.24) is 9.80 Å². The summed E-state index contributed by atoms with van der Waals surface area (Å²) in [5, 5.41) is 10.7. The van der Waals surface area contributed by atoms with E-state index in [0.717, 1.165) is 24.1 Å². The average Bonchev–Trinajstić information content (AvgIpc) is 3.26. The molecular formula is C33H37N3O5. The van der Waals surface area contributed by atoms with E-state index in [0.29, 0.717) is 19.6 Å². The fourth-order valence-corrected chi connectivity index (χ4v) is 7.26. The molecule has 6 atom stereocenters. The molecule has 1 spiro atoms. The van der Waals surface area contributed by atoms with Crippen LogP contribution >= 0.6 is 0 Å². The summed E-state index contributed by atoms with van der Waals surface area (Å²) in [6.07, 6.45) is 9.31. The number of likely N-dealkylation sites (tertiary alicyclic amines) is 1. The van der Waals surface area contributed by atoms with Crippen LogP contribution in [0.3, 0.4) is 0 Å². The maximum absolute atomic E-state index is 14.7. The van der Waals surface area contributed by atoms with Crippen molar-refractivity contribution in [3.8, 4) is 0 Å². The number of anilines is 1. The number of rotatable bonds is 7. The number of para-hydroxylation sites is 1. The van der Waals surface area contributed by atoms with E-state index in [1.807, 2.05) is 91.9 Å². The number of amides is 3. The van der Waals surface area contributed by atoms with Gasteiger partial charge in [-0.05, 0) is 31.0 Å². The van der Waals surface area contributed by atoms with Gasteiger partial charge in [0.1, 0.15) is 11.6 Å². The molecule has 0 radical (unpaired) electrons. The highest BCUT2D eigenvalue weighted by atomic mass is 16.5. The van der Waals surface area contributed by atoms with Crippen LogP contribution in [-0.2, 0) is 19.1 Å². The first-order valence-electron chi connectivity index (χ1n) is 14.5. The van der Waals surface area contributed by atoms with E-state index in [-0.39, 0.29) is 24.3 Å². The Hall–Kier alpha value is -3.75. The summed E-state index contributed by atoms with van der Waals surface area (Å²) >= 11 is 0. The fraction of sp³-hybridized carbons (Fsp3) is 0.424. The number of aliphatic hydroxyl groups excluding tert-OH is 1. The average molecular weight is 556 g/mol. The number of carbonyl (C=O) groups excluding carboxylic acids is 3. The van der Waals surface area contributed by atoms with Crippen molar-refractivity contribution in [3.63, 3.8) is 0 Å². The van der Waals surface area contributed by atoms with Gasteiger partial charge < -0.3 is 24.5 Å². The Kier molecular flexibility index (Phi) is 7.08. The number of benzene rings is 2. The molecule has 4 heterocycles. The zero-order valence-electron chi connectivity index (χ0n) is 23.6. The maximum atomic E-state index is 14.7. The van der Waals surface area contributed by atoms with Gasteiger partial charge >= 0.3 is 0 Å². The molecule has 6 rings (SSSR count). The second-order valence-electron chi connectivity index (χ2n) is 11.6. The van der Waals surface area contributed by atoms with Crippen LogP contribution in [-0.4, -0.2) is 76.1 Å². The summed E-state index contributed by atoms with van der Waals surface area (Å²) in [6, 6.07) is 16.9. The van der Waals surface area contributed by atoms with Crippen molar-refractivity contribution < 1.29 is 24.2 Å². The normalized spacial score (nSPS) is 31.5. The summed E-state index contributed by atoms with van der Waals surface area (Å²) in [5.74, 6) is -2.59. The molecule has 214 valence electrons. The Balaban J connectivity index is 1.50. The molecule has 4 aliphatic rings. The molecule has 8 heteroatoms. The molecule has 1 N–H and O–H groups in total. The third-order valence-corrected chi connectivity index (χ3v) is 9.12. The lowest BCUT2D eigenvalue weighted by atomic mass is 9.74. The van der Waals surface area contributed by atoms with E-state index in [9.17, 15) is 19.5 Å². The van der Waals surface area contributed by atoms with E-state index in [1.54, 1.807) is 9.80 Å². The molecular weight excluding hydrogens is 518 g/mol. The molecule has 8 nitrogen and oxygen atoms in total. The van der Waals surface area contributed by atoms with Gasteiger partial charge in [-0.15, -0.1) is 0 Å². The number of aliphatic hydroxyl groups is 1. The molecule has 0 saturated carbocycles. The van der Waals surface area contributed by atoms with Gasteiger partial charge in [0.25, 0.3) is 0 Å². The van der Waals surface area contributed by atoms with Crippen molar-refractivity contribution in [2.45, 2.75) is 50.0 Å². The smallest absolute Gasteiger partial charge is 0.249 e. The molecule has 0 aromatic heterocycles. The molecule has 3 amide bonds. The minimum absolute atomic E-state index is 0.215. The second-order valence-corrected chi connectivity index (χ2v) is 11.6. The lowest BCUT2D eigenvalue weighted by molar-refractivity contribution is -0.154. The molecule has 2 saturated heterocycles. The van der Waals surface area contributed by atoms with Gasteiger partial charge in [-0.25, -0.2) is 0 Å². The third kappa shape index (κ3) is 4.23. The first-order valence-corrected chi connectivity index (χ1v) is 14.5. The van der Waals surface area contributed by atoms with E-state index in [4.69, 9.17) is 4.74 Å². The number of unbranched alkanes of at least 4 members (excludes halogenated alkanes) is 1. The Labute approximate surface area is 240 Å². The number of carbonyl (C=O) groups is 3. The summed E-state index contributed by atoms with van der Waals surface area (Å²) < 4.78 is 6.92. The lowest BCUT2D eigenvalue weighted by Crippen LogP contribution is -2.57. The predicted octanol–water partition coefficient (Wildman–Crippen LogP) is 3.49. The van der Waals surface area contributed by atoms with Crippen LogP contribution in [0.25, 0.3) is 0 Å². The van der Waals surface area contributed by atoms with Crippen LogP contribution in [0.5, 0.6) is 0 Å². The third-order valence-electron chi connectivity index (χ3n) is 9.12. The molecule has 4 aliphatic heterocycles. The Morgan fingerprint density at radius 3 is 2.27 bits per heavy atom. The number of nitrogens with zero attached hydrogens (tertiary/aromatic N) is 3. The Morgan fingerprint density at radius 1 is 0.902 bits per heavy atom. The van der Waals surface area contributed by atoms with E-state index in [2.05, 4.69) is 6.92 Å². The van der Waals surface area contributed by atoms with Gasteiger partial charge in [-0.2, -0.15) is 0 Å². The standard InChI is InChI=1S/C33H37N3O5/c1-3-4-19-34-20-12-18-33-27(30(39)36(28(33)31(34)40)25(22-37)23-13-7-5-8-14-23)26-29(38)35(24-15-9-6-10-16-24)21-11-17-32(26,2)41-33/h5-18,25-28,37H,3-4,19-22H2,1-2H3/t25-,26-,27+,28?,32+,33+/m1/s1. The summed E-state index contributed by atoms with van der Waals surface area (Å²) in [7, 11) is 0. The zero-order valence-corrected chi connectivity index (χ0v) is 23.6. The van der Waals surface area contributed by atoms with Gasteiger partial charge in [-0.1, -0.05) is 86.2 Å². The van der Waals surface area contributed by atoms with E-state index >= 15 is 0 Å². The fourth-order valence-electron chi connectivity index (χ4n) is 7.26. The quantitative estimate of drug-likeness (QED) is 0.529. The molecule has 41 heavy (non-hydrogen) atoms. The minimum Gasteiger partial charge on any atom is -0.394 e. The number of hydrogen-bond acceptors (Lipinski definition) is 5. The molecule has 2 aromatic rings. The molecule has 0 bridgehead atoms. The van der Waals surface area contributed by atoms with Crippen molar-refractivity contribution in [2.24, 2.45) is 11.8 Å². The van der Waals surface area contributed by atoms with Crippen LogP contribution in [0, 0.1) is 11.8 Å². The van der Waals surface area contributed by atoms with Crippen molar-refractivity contribution in [2.75, 3.05) is 31.1 Å². The summed E-state index contributed by atoms with van der Waals surface area (Å²) in [5.41, 5.74) is -1.01. The minimum atomic E-state index is -1.36. The second kappa shape index (κ2) is 10.6.